The van der Waals surface area contributed by atoms with Gasteiger partial charge in [-0.05, 0) is 102 Å². The fourth-order valence-corrected chi connectivity index (χ4v) is 11.0. The molecule has 2 aliphatic rings. The molecule has 0 saturated heterocycles. The van der Waals surface area contributed by atoms with E-state index in [4.69, 9.17) is 0 Å². The van der Waals surface area contributed by atoms with Crippen LogP contribution in [-0.2, 0) is 10.8 Å². The average molecular weight is 778 g/mol. The molecule has 288 valence electrons. The van der Waals surface area contributed by atoms with E-state index in [9.17, 15) is 0 Å². The molecule has 2 aliphatic carbocycles. The molecule has 0 radical (unpaired) electrons. The summed E-state index contributed by atoms with van der Waals surface area (Å²) in [5.41, 5.74) is 18.3. The Morgan fingerprint density at radius 1 is 0.328 bits per heavy atom. The van der Waals surface area contributed by atoms with Crippen molar-refractivity contribution in [3.8, 4) is 33.4 Å². The molecule has 0 unspecified atom stereocenters. The second-order valence-corrected chi connectivity index (χ2v) is 17.2. The first-order chi connectivity index (χ1) is 30.0. The van der Waals surface area contributed by atoms with Crippen molar-refractivity contribution in [1.29, 1.82) is 0 Å². The van der Waals surface area contributed by atoms with Crippen LogP contribution in [0.5, 0.6) is 0 Å². The Morgan fingerprint density at radius 2 is 0.803 bits per heavy atom. The van der Waals surface area contributed by atoms with E-state index in [0.717, 1.165) is 11.4 Å². The third-order valence-corrected chi connectivity index (χ3v) is 13.7. The van der Waals surface area contributed by atoms with Crippen molar-refractivity contribution in [2.24, 2.45) is 0 Å². The van der Waals surface area contributed by atoms with Gasteiger partial charge in [-0.25, -0.2) is 0 Å². The van der Waals surface area contributed by atoms with E-state index in [1.54, 1.807) is 0 Å². The molecule has 0 saturated carbocycles. The van der Waals surface area contributed by atoms with Crippen LogP contribution < -0.4 is 4.90 Å². The number of nitrogens with zero attached hydrogens (tertiary/aromatic N) is 1. The number of rotatable bonds is 5. The maximum Gasteiger partial charge on any atom is 0.0720 e. The van der Waals surface area contributed by atoms with Gasteiger partial charge in [-0.3, -0.25) is 0 Å². The molecular formula is C60H43N. The molecule has 0 heterocycles. The lowest BCUT2D eigenvalue weighted by Gasteiger charge is -2.46. The molecule has 0 N–H and O–H groups in total. The van der Waals surface area contributed by atoms with Gasteiger partial charge in [0.25, 0.3) is 0 Å². The molecule has 1 heteroatoms. The van der Waals surface area contributed by atoms with Crippen LogP contribution in [0, 0.1) is 0 Å². The SMILES string of the molecule is CC1(C)c2ccccc2C2(c3ccccc3-c3c(N(c4ccc(-c5ccc(-c6ccccc6)cc5)cc4)c4cc5ccccc5c5ccccc45)cccc32)c2ccccc21. The van der Waals surface area contributed by atoms with Gasteiger partial charge in [-0.2, -0.15) is 0 Å². The standard InChI is InChI=1S/C60H43N/c1-59(2)51-25-12-14-27-53(51)60(54-28-15-13-26-52(54)59)50-24-11-10-23-49(50)58-55(60)29-16-30-56(58)61(57-39-44-19-6-7-20-46(44)47-21-8-9-22-48(47)57)45-37-35-43(36-38-45)42-33-31-41(32-34-42)40-17-4-3-5-18-40/h3-39H,1-2H3. The molecule has 0 bridgehead atoms. The lowest BCUT2D eigenvalue weighted by Crippen LogP contribution is -2.40. The molecule has 61 heavy (non-hydrogen) atoms. The highest BCUT2D eigenvalue weighted by Gasteiger charge is 2.53. The number of hydrogen-bond donors (Lipinski definition) is 0. The van der Waals surface area contributed by atoms with Gasteiger partial charge < -0.3 is 4.90 Å². The summed E-state index contributed by atoms with van der Waals surface area (Å²) in [6.07, 6.45) is 0. The minimum absolute atomic E-state index is 0.159. The van der Waals surface area contributed by atoms with Gasteiger partial charge in [0, 0.05) is 22.1 Å². The Hall–Kier alpha value is -7.48. The summed E-state index contributed by atoms with van der Waals surface area (Å²) in [4.78, 5) is 2.54. The van der Waals surface area contributed by atoms with E-state index in [1.165, 1.54) is 94.0 Å². The Bertz CT molecular complexity index is 3270. The minimum atomic E-state index is -0.489. The first-order valence-corrected chi connectivity index (χ1v) is 21.4. The van der Waals surface area contributed by atoms with E-state index in [-0.39, 0.29) is 5.41 Å². The lowest BCUT2D eigenvalue weighted by molar-refractivity contribution is 0.563. The number of hydrogen-bond acceptors (Lipinski definition) is 1. The van der Waals surface area contributed by atoms with Gasteiger partial charge in [0.2, 0.25) is 0 Å². The second kappa shape index (κ2) is 13.5. The predicted octanol–water partition coefficient (Wildman–Crippen LogP) is 15.8. The number of benzene rings is 10. The van der Waals surface area contributed by atoms with Crippen molar-refractivity contribution in [2.75, 3.05) is 4.90 Å². The molecule has 0 fully saturated rings. The zero-order valence-corrected chi connectivity index (χ0v) is 34.3. The minimum Gasteiger partial charge on any atom is -0.309 e. The van der Waals surface area contributed by atoms with Crippen molar-refractivity contribution in [1.82, 2.24) is 0 Å². The van der Waals surface area contributed by atoms with Gasteiger partial charge >= 0.3 is 0 Å². The Kier molecular flexibility index (Phi) is 7.86. The monoisotopic (exact) mass is 777 g/mol. The summed E-state index contributed by atoms with van der Waals surface area (Å²) in [7, 11) is 0. The predicted molar refractivity (Wildman–Crippen MR) is 256 cm³/mol. The third-order valence-electron chi connectivity index (χ3n) is 13.7. The van der Waals surface area contributed by atoms with Crippen molar-refractivity contribution in [3.05, 3.63) is 258 Å². The van der Waals surface area contributed by atoms with Gasteiger partial charge in [0.15, 0.2) is 0 Å². The van der Waals surface area contributed by atoms with Crippen LogP contribution >= 0.6 is 0 Å². The maximum atomic E-state index is 2.54. The third kappa shape index (κ3) is 5.14. The zero-order chi connectivity index (χ0) is 40.7. The molecule has 0 aromatic heterocycles. The highest BCUT2D eigenvalue weighted by molar-refractivity contribution is 6.15. The van der Waals surface area contributed by atoms with E-state index < -0.39 is 5.41 Å². The molecule has 10 aromatic carbocycles. The average Bonchev–Trinajstić information content (AvgIpc) is 3.63. The summed E-state index contributed by atoms with van der Waals surface area (Å²) in [5, 5.41) is 4.95. The topological polar surface area (TPSA) is 3.24 Å². The quantitative estimate of drug-likeness (QED) is 0.157. The molecule has 0 aliphatic heterocycles. The van der Waals surface area contributed by atoms with Crippen LogP contribution in [-0.4, -0.2) is 0 Å². The number of fused-ring (bicyclic) bond motifs is 12. The molecule has 1 spiro atoms. The van der Waals surface area contributed by atoms with Gasteiger partial charge in [0.05, 0.1) is 16.8 Å². The lowest BCUT2D eigenvalue weighted by atomic mass is 9.55. The van der Waals surface area contributed by atoms with Crippen molar-refractivity contribution in [2.45, 2.75) is 24.7 Å². The van der Waals surface area contributed by atoms with Crippen molar-refractivity contribution >= 4 is 38.6 Å². The Balaban J connectivity index is 1.12. The molecule has 12 rings (SSSR count). The van der Waals surface area contributed by atoms with E-state index in [1.807, 2.05) is 0 Å². The zero-order valence-electron chi connectivity index (χ0n) is 34.3. The van der Waals surface area contributed by atoms with Crippen LogP contribution in [0.15, 0.2) is 224 Å². The maximum absolute atomic E-state index is 2.54. The first kappa shape index (κ1) is 35.5. The van der Waals surface area contributed by atoms with Gasteiger partial charge in [-0.1, -0.05) is 214 Å². The van der Waals surface area contributed by atoms with Crippen LogP contribution in [0.2, 0.25) is 0 Å². The summed E-state index contributed by atoms with van der Waals surface area (Å²) < 4.78 is 0. The molecular weight excluding hydrogens is 735 g/mol. The molecule has 10 aromatic rings. The van der Waals surface area contributed by atoms with Crippen LogP contribution in [0.25, 0.3) is 54.9 Å². The summed E-state index contributed by atoms with van der Waals surface area (Å²) in [5.74, 6) is 0. The fourth-order valence-electron chi connectivity index (χ4n) is 11.0. The highest BCUT2D eigenvalue weighted by Crippen LogP contribution is 2.64. The summed E-state index contributed by atoms with van der Waals surface area (Å²) in [6, 6.07) is 83.6. The first-order valence-electron chi connectivity index (χ1n) is 21.4. The van der Waals surface area contributed by atoms with Crippen LogP contribution in [0.1, 0.15) is 47.2 Å². The van der Waals surface area contributed by atoms with E-state index in [0.29, 0.717) is 0 Å². The number of anilines is 3. The fraction of sp³-hybridized carbons (Fsp3) is 0.0667. The van der Waals surface area contributed by atoms with Crippen molar-refractivity contribution < 1.29 is 0 Å². The van der Waals surface area contributed by atoms with Crippen LogP contribution in [0.4, 0.5) is 17.1 Å². The largest absolute Gasteiger partial charge is 0.309 e. The van der Waals surface area contributed by atoms with Crippen LogP contribution in [0.3, 0.4) is 0 Å². The van der Waals surface area contributed by atoms with Gasteiger partial charge in [-0.15, -0.1) is 0 Å². The summed E-state index contributed by atoms with van der Waals surface area (Å²) >= 11 is 0. The molecule has 0 amide bonds. The Morgan fingerprint density at radius 3 is 1.46 bits per heavy atom. The Labute approximate surface area is 357 Å². The molecule has 1 nitrogen and oxygen atoms in total. The molecule has 0 atom stereocenters. The smallest absolute Gasteiger partial charge is 0.0720 e. The van der Waals surface area contributed by atoms with E-state index >= 15 is 0 Å². The van der Waals surface area contributed by atoms with Gasteiger partial charge in [0.1, 0.15) is 0 Å². The summed E-state index contributed by atoms with van der Waals surface area (Å²) in [6.45, 7) is 4.78. The van der Waals surface area contributed by atoms with Crippen molar-refractivity contribution in [3.63, 3.8) is 0 Å². The van der Waals surface area contributed by atoms with E-state index in [2.05, 4.69) is 243 Å². The highest BCUT2D eigenvalue weighted by atomic mass is 15.1. The second-order valence-electron chi connectivity index (χ2n) is 17.2. The normalized spacial score (nSPS) is 14.0.